The third-order valence-electron chi connectivity index (χ3n) is 5.38. The number of fused-ring (bicyclic) bond motifs is 1. The van der Waals surface area contributed by atoms with Crippen LogP contribution in [0.4, 0.5) is 5.95 Å². The van der Waals surface area contributed by atoms with Crippen molar-refractivity contribution in [2.24, 2.45) is 7.05 Å². The lowest BCUT2D eigenvalue weighted by atomic mass is 10.2. The number of aromatic nitrogens is 2. The first-order valence-corrected chi connectivity index (χ1v) is 9.59. The van der Waals surface area contributed by atoms with E-state index >= 15 is 0 Å². The highest BCUT2D eigenvalue weighted by Gasteiger charge is 2.24. The van der Waals surface area contributed by atoms with Crippen molar-refractivity contribution in [2.45, 2.75) is 12.5 Å². The van der Waals surface area contributed by atoms with E-state index in [1.165, 1.54) is 0 Å². The van der Waals surface area contributed by atoms with Crippen LogP contribution in [0.1, 0.15) is 16.8 Å². The van der Waals surface area contributed by atoms with Crippen LogP contribution in [0.3, 0.4) is 0 Å². The van der Waals surface area contributed by atoms with Crippen LogP contribution < -0.4 is 10.2 Å². The molecule has 2 aliphatic heterocycles. The average molecular weight is 373 g/mol. The van der Waals surface area contributed by atoms with E-state index in [1.807, 2.05) is 29.8 Å². The number of aliphatic hydroxyl groups excluding tert-OH is 1. The normalized spacial score (nSPS) is 21.1. The van der Waals surface area contributed by atoms with Gasteiger partial charge in [0.1, 0.15) is 0 Å². The third-order valence-corrected chi connectivity index (χ3v) is 5.38. The minimum Gasteiger partial charge on any atom is -0.391 e. The van der Waals surface area contributed by atoms with Crippen molar-refractivity contribution in [3.05, 3.63) is 23.8 Å². The van der Waals surface area contributed by atoms with Crippen molar-refractivity contribution >= 4 is 22.9 Å². The van der Waals surface area contributed by atoms with Crippen LogP contribution in [0.15, 0.2) is 18.2 Å². The lowest BCUT2D eigenvalue weighted by Crippen LogP contribution is -2.41. The molecule has 2 saturated heterocycles. The van der Waals surface area contributed by atoms with E-state index in [2.05, 4.69) is 15.1 Å². The molecule has 0 radical (unpaired) electrons. The van der Waals surface area contributed by atoms with Gasteiger partial charge in [0.15, 0.2) is 0 Å². The fourth-order valence-corrected chi connectivity index (χ4v) is 3.79. The van der Waals surface area contributed by atoms with Crippen LogP contribution in [-0.4, -0.2) is 84.1 Å². The predicted octanol–water partition coefficient (Wildman–Crippen LogP) is 0.206. The van der Waals surface area contributed by atoms with E-state index in [1.54, 1.807) is 0 Å². The Morgan fingerprint density at radius 2 is 2.15 bits per heavy atom. The van der Waals surface area contributed by atoms with Gasteiger partial charge in [-0.05, 0) is 24.6 Å². The first-order valence-electron chi connectivity index (χ1n) is 9.59. The van der Waals surface area contributed by atoms with Gasteiger partial charge in [-0.3, -0.25) is 9.69 Å². The summed E-state index contributed by atoms with van der Waals surface area (Å²) in [6, 6.07) is 5.63. The molecular formula is C19H27N5O3. The Hall–Kier alpha value is -2.16. The van der Waals surface area contributed by atoms with Crippen molar-refractivity contribution in [1.29, 1.82) is 0 Å². The highest BCUT2D eigenvalue weighted by Crippen LogP contribution is 2.25. The van der Waals surface area contributed by atoms with Gasteiger partial charge in [0.2, 0.25) is 5.95 Å². The molecule has 1 unspecified atom stereocenters. The Kier molecular flexibility index (Phi) is 5.29. The van der Waals surface area contributed by atoms with Crippen molar-refractivity contribution in [3.63, 3.8) is 0 Å². The largest absolute Gasteiger partial charge is 0.391 e. The number of anilines is 1. The molecule has 2 aromatic rings. The zero-order valence-corrected chi connectivity index (χ0v) is 15.7. The molecule has 0 saturated carbocycles. The quantitative estimate of drug-likeness (QED) is 0.780. The van der Waals surface area contributed by atoms with E-state index in [0.29, 0.717) is 18.7 Å². The van der Waals surface area contributed by atoms with Crippen molar-refractivity contribution in [1.82, 2.24) is 19.8 Å². The van der Waals surface area contributed by atoms with Crippen molar-refractivity contribution < 1.29 is 14.6 Å². The summed E-state index contributed by atoms with van der Waals surface area (Å²) >= 11 is 0. The summed E-state index contributed by atoms with van der Waals surface area (Å²) in [7, 11) is 1.97. The molecule has 1 amide bonds. The molecule has 0 aliphatic carbocycles. The van der Waals surface area contributed by atoms with Gasteiger partial charge in [-0.15, -0.1) is 0 Å². The minimum absolute atomic E-state index is 0.0750. The number of nitrogens with one attached hydrogen (secondary N) is 1. The number of hydrogen-bond acceptors (Lipinski definition) is 6. The number of ether oxygens (including phenoxy) is 1. The number of hydrogen-bond donors (Lipinski definition) is 2. The highest BCUT2D eigenvalue weighted by atomic mass is 16.5. The zero-order valence-electron chi connectivity index (χ0n) is 15.7. The van der Waals surface area contributed by atoms with Gasteiger partial charge >= 0.3 is 0 Å². The Balaban J connectivity index is 1.42. The number of carbonyl (C=O) groups excluding carboxylic acids is 1. The number of morpholine rings is 1. The van der Waals surface area contributed by atoms with Gasteiger partial charge in [0.25, 0.3) is 5.91 Å². The van der Waals surface area contributed by atoms with Gasteiger partial charge in [0.05, 0.1) is 30.4 Å². The van der Waals surface area contributed by atoms with Crippen LogP contribution in [0, 0.1) is 0 Å². The molecule has 0 bridgehead atoms. The molecule has 146 valence electrons. The maximum absolute atomic E-state index is 12.5. The lowest BCUT2D eigenvalue weighted by molar-refractivity contribution is 0.0383. The highest BCUT2D eigenvalue weighted by molar-refractivity contribution is 5.97. The first-order chi connectivity index (χ1) is 13.1. The molecule has 1 atom stereocenters. The fourth-order valence-electron chi connectivity index (χ4n) is 3.79. The molecule has 8 heteroatoms. The van der Waals surface area contributed by atoms with E-state index in [9.17, 15) is 9.90 Å². The second kappa shape index (κ2) is 7.84. The molecule has 8 nitrogen and oxygen atoms in total. The van der Waals surface area contributed by atoms with Crippen LogP contribution in [0.25, 0.3) is 11.0 Å². The molecule has 2 aliphatic rings. The topological polar surface area (TPSA) is 82.9 Å². The second-order valence-corrected chi connectivity index (χ2v) is 7.27. The molecule has 4 rings (SSSR count). The lowest BCUT2D eigenvalue weighted by Gasteiger charge is -2.26. The van der Waals surface area contributed by atoms with Gasteiger partial charge < -0.3 is 24.6 Å². The van der Waals surface area contributed by atoms with E-state index in [0.717, 1.165) is 62.8 Å². The summed E-state index contributed by atoms with van der Waals surface area (Å²) in [6.07, 6.45) is 0.470. The van der Waals surface area contributed by atoms with E-state index in [-0.39, 0.29) is 12.0 Å². The number of amides is 1. The van der Waals surface area contributed by atoms with Gasteiger partial charge in [-0.1, -0.05) is 0 Å². The molecule has 2 fully saturated rings. The van der Waals surface area contributed by atoms with Gasteiger partial charge in [-0.2, -0.15) is 0 Å². The van der Waals surface area contributed by atoms with Crippen LogP contribution in [-0.2, 0) is 11.8 Å². The molecule has 0 spiro atoms. The maximum Gasteiger partial charge on any atom is 0.251 e. The average Bonchev–Trinajstić information content (AvgIpc) is 3.25. The summed E-state index contributed by atoms with van der Waals surface area (Å²) in [6.45, 7) is 6.23. The van der Waals surface area contributed by atoms with E-state index in [4.69, 9.17) is 9.72 Å². The number of aliphatic hydroxyl groups is 1. The fraction of sp³-hybridized carbons (Fsp3) is 0.579. The molecule has 3 heterocycles. The summed E-state index contributed by atoms with van der Waals surface area (Å²) in [5, 5.41) is 12.8. The van der Waals surface area contributed by atoms with Crippen LogP contribution >= 0.6 is 0 Å². The number of benzene rings is 1. The second-order valence-electron chi connectivity index (χ2n) is 7.27. The van der Waals surface area contributed by atoms with Crippen molar-refractivity contribution in [3.8, 4) is 0 Å². The van der Waals surface area contributed by atoms with Crippen LogP contribution in [0.2, 0.25) is 0 Å². The number of β-amino-alcohol motifs (C(OH)–C–C–N with tert-alkyl or cyclic N) is 1. The van der Waals surface area contributed by atoms with Gasteiger partial charge in [-0.25, -0.2) is 4.98 Å². The monoisotopic (exact) mass is 373 g/mol. The molecule has 1 aromatic carbocycles. The predicted molar refractivity (Wildman–Crippen MR) is 103 cm³/mol. The number of rotatable bonds is 5. The smallest absolute Gasteiger partial charge is 0.251 e. The maximum atomic E-state index is 12.5. The Bertz CT molecular complexity index is 815. The molecule has 2 N–H and O–H groups in total. The summed E-state index contributed by atoms with van der Waals surface area (Å²) in [5.41, 5.74) is 2.40. The standard InChI is InChI=1S/C19H27N5O3/c1-22-17-3-2-14(18(26)20-5-7-23-8-10-27-11-9-23)12-16(17)21-19(22)24-6-4-15(25)13-24/h2-3,12,15,25H,4-11,13H2,1H3,(H,20,26). The summed E-state index contributed by atoms with van der Waals surface area (Å²) in [4.78, 5) is 21.6. The summed E-state index contributed by atoms with van der Waals surface area (Å²) < 4.78 is 7.36. The molecule has 1 aromatic heterocycles. The minimum atomic E-state index is -0.294. The van der Waals surface area contributed by atoms with E-state index < -0.39 is 0 Å². The summed E-state index contributed by atoms with van der Waals surface area (Å²) in [5.74, 6) is 0.764. The SMILES string of the molecule is Cn1c(N2CCC(O)C2)nc2cc(C(=O)NCCN3CCOCC3)ccc21. The van der Waals surface area contributed by atoms with Gasteiger partial charge in [0, 0.05) is 51.9 Å². The number of nitrogens with zero attached hydrogens (tertiary/aromatic N) is 4. The first kappa shape index (κ1) is 18.2. The van der Waals surface area contributed by atoms with Crippen molar-refractivity contribution in [2.75, 3.05) is 57.4 Å². The Labute approximate surface area is 158 Å². The Morgan fingerprint density at radius 3 is 2.89 bits per heavy atom. The molecule has 27 heavy (non-hydrogen) atoms. The van der Waals surface area contributed by atoms with Crippen LogP contribution in [0.5, 0.6) is 0 Å². The zero-order chi connectivity index (χ0) is 18.8. The molecular weight excluding hydrogens is 346 g/mol. The third kappa shape index (κ3) is 3.92. The number of aryl methyl sites for hydroxylation is 1. The Morgan fingerprint density at radius 1 is 1.33 bits per heavy atom. The number of carbonyl (C=O) groups is 1. The number of imidazole rings is 1.